The molecule has 330 valence electrons. The molecule has 59 heavy (non-hydrogen) atoms. The van der Waals surface area contributed by atoms with Crippen LogP contribution in [0, 0.1) is 20.2 Å². The van der Waals surface area contributed by atoms with Gasteiger partial charge in [-0.05, 0) is 18.6 Å². The number of hydrogen-bond acceptors (Lipinski definition) is 11. The highest BCUT2D eigenvalue weighted by Gasteiger charge is 2.32. The van der Waals surface area contributed by atoms with E-state index in [0.717, 1.165) is 42.1 Å². The summed E-state index contributed by atoms with van der Waals surface area (Å²) in [6.07, 6.45) is 15.2. The molecule has 2 aromatic carbocycles. The Kier molecular flexibility index (Phi) is 23.8. The largest absolute Gasteiger partial charge is 0.378 e. The van der Waals surface area contributed by atoms with Crippen molar-refractivity contribution >= 4 is 33.2 Å². The summed E-state index contributed by atoms with van der Waals surface area (Å²) in [6, 6.07) is 11.1. The van der Waals surface area contributed by atoms with Crippen LogP contribution in [-0.2, 0) is 33.8 Å². The Bertz CT molecular complexity index is 1680. The predicted molar refractivity (Wildman–Crippen MR) is 224 cm³/mol. The summed E-state index contributed by atoms with van der Waals surface area (Å²) in [7, 11) is -4.45. The zero-order valence-corrected chi connectivity index (χ0v) is 35.6. The van der Waals surface area contributed by atoms with Crippen LogP contribution in [-0.4, -0.2) is 105 Å². The first-order valence-electron chi connectivity index (χ1n) is 21.3. The Labute approximate surface area is 349 Å². The minimum Gasteiger partial charge on any atom is -0.378 e. The van der Waals surface area contributed by atoms with E-state index >= 15 is 0 Å². The van der Waals surface area contributed by atoms with E-state index in [9.17, 15) is 38.2 Å². The molecule has 1 unspecified atom stereocenters. The normalized spacial score (nSPS) is 17.6. The Morgan fingerprint density at radius 3 is 1.86 bits per heavy atom. The van der Waals surface area contributed by atoms with Gasteiger partial charge >= 0.3 is 0 Å². The average Bonchev–Trinajstić information content (AvgIpc) is 3.22. The monoisotopic (exact) mass is 847 g/mol. The van der Waals surface area contributed by atoms with Gasteiger partial charge in [0.25, 0.3) is 11.4 Å². The van der Waals surface area contributed by atoms with Crippen LogP contribution in [0.15, 0.2) is 53.4 Å². The number of unbranched alkanes of at least 4 members (excludes halogenated alkanes) is 13. The van der Waals surface area contributed by atoms with Crippen LogP contribution in [0.2, 0.25) is 0 Å². The van der Waals surface area contributed by atoms with E-state index in [2.05, 4.69) is 12.2 Å². The third kappa shape index (κ3) is 18.4. The molecule has 3 rings (SSSR count). The van der Waals surface area contributed by atoms with Gasteiger partial charge < -0.3 is 24.4 Å². The lowest BCUT2D eigenvalue weighted by Crippen LogP contribution is -2.39. The molecule has 16 nitrogen and oxygen atoms in total. The number of nitrogens with one attached hydrogen (secondary N) is 1. The van der Waals surface area contributed by atoms with Crippen molar-refractivity contribution in [3.05, 3.63) is 74.3 Å². The Morgan fingerprint density at radius 1 is 0.695 bits per heavy atom. The van der Waals surface area contributed by atoms with E-state index in [-0.39, 0.29) is 95.1 Å². The van der Waals surface area contributed by atoms with Crippen molar-refractivity contribution in [2.75, 3.05) is 65.8 Å². The van der Waals surface area contributed by atoms with Crippen molar-refractivity contribution in [3.8, 4) is 0 Å². The number of carbonyl (C=O) groups excluding carboxylic acids is 2. The number of nitrogens with zero attached hydrogens (tertiary/aromatic N) is 4. The maximum absolute atomic E-state index is 13.9. The Morgan fingerprint density at radius 2 is 1.24 bits per heavy atom. The van der Waals surface area contributed by atoms with Gasteiger partial charge in [0.2, 0.25) is 21.8 Å². The summed E-state index contributed by atoms with van der Waals surface area (Å²) in [5.74, 6) is -0.624. The standard InChI is InChI=1S/C42H65N5O11S/c1-2-3-4-5-6-7-8-9-10-11-12-13-14-19-27-44-35-39(36-20-15-16-21-37(36)46(50)51)58-32-29-45(59(54,55)40-23-18-17-22-38(40)47(52)53)28-31-57-34-33-56-30-26-43-41(48)24-25-42(44)49/h15-18,20-23,39H,2-14,19,24-35H2,1H3,(H,43,48). The van der Waals surface area contributed by atoms with E-state index < -0.39 is 36.6 Å². The molecule has 1 aliphatic rings. The quantitative estimate of drug-likeness (QED) is 0.0786. The van der Waals surface area contributed by atoms with Crippen molar-refractivity contribution in [3.63, 3.8) is 0 Å². The minimum atomic E-state index is -4.45. The molecule has 0 radical (unpaired) electrons. The number of carbonyl (C=O) groups is 2. The van der Waals surface area contributed by atoms with Crippen LogP contribution in [0.25, 0.3) is 0 Å². The van der Waals surface area contributed by atoms with E-state index in [1.165, 1.54) is 82.1 Å². The molecule has 0 aromatic heterocycles. The molecule has 0 bridgehead atoms. The smallest absolute Gasteiger partial charge is 0.289 e. The fraction of sp³-hybridized carbons (Fsp3) is 0.667. The molecule has 1 saturated heterocycles. The van der Waals surface area contributed by atoms with Crippen molar-refractivity contribution in [1.82, 2.24) is 14.5 Å². The highest BCUT2D eigenvalue weighted by molar-refractivity contribution is 7.89. The fourth-order valence-corrected chi connectivity index (χ4v) is 8.58. The van der Waals surface area contributed by atoms with Gasteiger partial charge in [-0.1, -0.05) is 115 Å². The highest BCUT2D eigenvalue weighted by atomic mass is 32.2. The number of benzene rings is 2. The van der Waals surface area contributed by atoms with Crippen LogP contribution in [0.5, 0.6) is 0 Å². The summed E-state index contributed by atoms with van der Waals surface area (Å²) in [6.45, 7) is 2.36. The molecule has 1 fully saturated rings. The van der Waals surface area contributed by atoms with E-state index in [0.29, 0.717) is 13.0 Å². The molecule has 0 spiro atoms. The second-order valence-corrected chi connectivity index (χ2v) is 16.7. The number of nitro benzene ring substituents is 2. The number of para-hydroxylation sites is 2. The number of ether oxygens (including phenoxy) is 3. The maximum Gasteiger partial charge on any atom is 0.289 e. The van der Waals surface area contributed by atoms with Gasteiger partial charge in [0.05, 0.1) is 55.0 Å². The lowest BCUT2D eigenvalue weighted by Gasteiger charge is -2.29. The van der Waals surface area contributed by atoms with Gasteiger partial charge in [-0.3, -0.25) is 29.8 Å². The summed E-state index contributed by atoms with van der Waals surface area (Å²) >= 11 is 0. The van der Waals surface area contributed by atoms with Crippen LogP contribution in [0.1, 0.15) is 121 Å². The fourth-order valence-electron chi connectivity index (χ4n) is 7.01. The van der Waals surface area contributed by atoms with Gasteiger partial charge in [-0.2, -0.15) is 4.31 Å². The molecule has 1 heterocycles. The first-order valence-corrected chi connectivity index (χ1v) is 22.8. The van der Waals surface area contributed by atoms with Crippen molar-refractivity contribution in [2.45, 2.75) is 121 Å². The second-order valence-electron chi connectivity index (χ2n) is 14.8. The second kappa shape index (κ2) is 28.4. The minimum absolute atomic E-state index is 0.0629. The molecule has 0 saturated carbocycles. The third-order valence-electron chi connectivity index (χ3n) is 10.3. The number of rotatable bonds is 20. The summed E-state index contributed by atoms with van der Waals surface area (Å²) in [4.78, 5) is 50.2. The number of nitro groups is 2. The predicted octanol–water partition coefficient (Wildman–Crippen LogP) is 7.50. The molecule has 2 aromatic rings. The van der Waals surface area contributed by atoms with Gasteiger partial charge in [-0.15, -0.1) is 0 Å². The van der Waals surface area contributed by atoms with Gasteiger partial charge in [0.1, 0.15) is 6.10 Å². The molecule has 1 aliphatic heterocycles. The molecule has 1 atom stereocenters. The van der Waals surface area contributed by atoms with Crippen LogP contribution in [0.3, 0.4) is 0 Å². The number of hydrogen-bond donors (Lipinski definition) is 1. The third-order valence-corrected chi connectivity index (χ3v) is 12.3. The van der Waals surface area contributed by atoms with Gasteiger partial charge in [0, 0.05) is 51.2 Å². The Balaban J connectivity index is 1.78. The first-order chi connectivity index (χ1) is 28.6. The van der Waals surface area contributed by atoms with Crippen LogP contribution < -0.4 is 5.32 Å². The van der Waals surface area contributed by atoms with E-state index in [4.69, 9.17) is 14.2 Å². The highest BCUT2D eigenvalue weighted by Crippen LogP contribution is 2.30. The van der Waals surface area contributed by atoms with E-state index in [1.54, 1.807) is 17.0 Å². The zero-order chi connectivity index (χ0) is 42.7. The molecule has 1 N–H and O–H groups in total. The summed E-state index contributed by atoms with van der Waals surface area (Å²) in [5.41, 5.74) is -0.612. The summed E-state index contributed by atoms with van der Waals surface area (Å²) in [5, 5.41) is 26.8. The van der Waals surface area contributed by atoms with Crippen LogP contribution in [0.4, 0.5) is 11.4 Å². The average molecular weight is 848 g/mol. The van der Waals surface area contributed by atoms with Crippen LogP contribution >= 0.6 is 0 Å². The Hall–Kier alpha value is -4.03. The lowest BCUT2D eigenvalue weighted by molar-refractivity contribution is -0.387. The van der Waals surface area contributed by atoms with Crippen molar-refractivity contribution in [1.29, 1.82) is 0 Å². The molecule has 0 aliphatic carbocycles. The maximum atomic E-state index is 13.9. The van der Waals surface area contributed by atoms with Crippen molar-refractivity contribution < 1.29 is 42.1 Å². The topological polar surface area (TPSA) is 201 Å². The molecule has 2 amide bonds. The lowest BCUT2D eigenvalue weighted by atomic mass is 10.0. The molecule has 17 heteroatoms. The van der Waals surface area contributed by atoms with E-state index in [1.807, 2.05) is 0 Å². The molecular weight excluding hydrogens is 783 g/mol. The zero-order valence-electron chi connectivity index (χ0n) is 34.8. The SMILES string of the molecule is CCCCCCCCCCCCCCCCN1CC(c2ccccc2[N+](=O)[O-])OCCN(S(=O)(=O)c2ccccc2[N+](=O)[O-])CCOCCOCCNC(=O)CCC1=O. The van der Waals surface area contributed by atoms with Gasteiger partial charge in [0.15, 0.2) is 4.90 Å². The number of sulfonamides is 1. The van der Waals surface area contributed by atoms with Crippen molar-refractivity contribution in [2.24, 2.45) is 0 Å². The first kappa shape index (κ1) is 49.3. The summed E-state index contributed by atoms with van der Waals surface area (Å²) < 4.78 is 46.3. The van der Waals surface area contributed by atoms with Gasteiger partial charge in [-0.25, -0.2) is 8.42 Å². The number of amides is 2. The molecular formula is C42H65N5O11S.